The first-order chi connectivity index (χ1) is 3.93. The molecule has 0 saturated heterocycles. The maximum absolute atomic E-state index is 1.54. The van der Waals surface area contributed by atoms with Gasteiger partial charge in [-0.2, -0.15) is 0 Å². The Morgan fingerprint density at radius 1 is 1.11 bits per heavy atom. The molecule has 0 nitrogen and oxygen atoms in total. The molecule has 1 saturated carbocycles. The summed E-state index contributed by atoms with van der Waals surface area (Å²) < 4.78 is 0. The van der Waals surface area contributed by atoms with Crippen LogP contribution in [0.5, 0.6) is 0 Å². The third-order valence-electron chi connectivity index (χ3n) is 2.13. The molecular weight excluding hydrogens is 229 g/mol. The van der Waals surface area contributed by atoms with E-state index in [0.717, 1.165) is 5.92 Å². The SMILES string of the molecule is Br.[Zn][CH2]C1CCCCC1. The van der Waals surface area contributed by atoms with E-state index >= 15 is 0 Å². The molecule has 0 aromatic heterocycles. The molecule has 2 heteroatoms. The minimum absolute atomic E-state index is 0. The van der Waals surface area contributed by atoms with Crippen LogP contribution < -0.4 is 0 Å². The van der Waals surface area contributed by atoms with Gasteiger partial charge in [-0.15, -0.1) is 17.0 Å². The zero-order chi connectivity index (χ0) is 5.82. The monoisotopic (exact) mass is 241 g/mol. The van der Waals surface area contributed by atoms with Crippen LogP contribution in [-0.4, -0.2) is 0 Å². The Balaban J connectivity index is 0.000000640. The summed E-state index contributed by atoms with van der Waals surface area (Å²) in [6.45, 7) is 0. The van der Waals surface area contributed by atoms with Gasteiger partial charge in [0.2, 0.25) is 0 Å². The first kappa shape index (κ1) is 10.1. The average molecular weight is 243 g/mol. The molecule has 1 aliphatic carbocycles. The second-order valence-corrected chi connectivity index (χ2v) is 4.00. The maximum atomic E-state index is 1.54. The molecule has 9 heavy (non-hydrogen) atoms. The predicted molar refractivity (Wildman–Crippen MR) is 41.7 cm³/mol. The summed E-state index contributed by atoms with van der Waals surface area (Å²) in [6.07, 6.45) is 7.63. The molecule has 0 spiro atoms. The Morgan fingerprint density at radius 3 is 2.00 bits per heavy atom. The Hall–Kier alpha value is 1.10. The number of rotatable bonds is 1. The van der Waals surface area contributed by atoms with Crippen LogP contribution in [0.25, 0.3) is 0 Å². The van der Waals surface area contributed by atoms with Crippen molar-refractivity contribution in [1.82, 2.24) is 0 Å². The zero-order valence-electron chi connectivity index (χ0n) is 5.94. The number of hydrogen-bond acceptors (Lipinski definition) is 0. The summed E-state index contributed by atoms with van der Waals surface area (Å²) in [4.78, 5) is 0. The van der Waals surface area contributed by atoms with Crippen LogP contribution in [0, 0.1) is 5.92 Å². The average Bonchev–Trinajstić information content (AvgIpc) is 1.90. The fourth-order valence-corrected chi connectivity index (χ4v) is 2.69. The van der Waals surface area contributed by atoms with Crippen molar-refractivity contribution in [3.8, 4) is 0 Å². The Bertz CT molecular complexity index is 59.9. The third kappa shape index (κ3) is 3.73. The molecule has 51 valence electrons. The molecule has 1 rings (SSSR count). The van der Waals surface area contributed by atoms with Crippen LogP contribution in [-0.2, 0) is 18.3 Å². The summed E-state index contributed by atoms with van der Waals surface area (Å²) in [6, 6.07) is 0. The van der Waals surface area contributed by atoms with E-state index in [1.165, 1.54) is 37.6 Å². The third-order valence-corrected chi connectivity index (χ3v) is 3.85. The first-order valence-electron chi connectivity index (χ1n) is 3.72. The summed E-state index contributed by atoms with van der Waals surface area (Å²) >= 11 is 1.52. The second kappa shape index (κ2) is 5.86. The van der Waals surface area contributed by atoms with E-state index in [-0.39, 0.29) is 17.0 Å². The van der Waals surface area contributed by atoms with Gasteiger partial charge in [-0.3, -0.25) is 0 Å². The van der Waals surface area contributed by atoms with Crippen molar-refractivity contribution in [2.24, 2.45) is 5.92 Å². The van der Waals surface area contributed by atoms with Crippen molar-refractivity contribution in [1.29, 1.82) is 0 Å². The van der Waals surface area contributed by atoms with E-state index in [1.807, 2.05) is 0 Å². The van der Waals surface area contributed by atoms with Crippen molar-refractivity contribution < 1.29 is 18.3 Å². The minimum atomic E-state index is 0. The van der Waals surface area contributed by atoms with Gasteiger partial charge in [0.1, 0.15) is 0 Å². The topological polar surface area (TPSA) is 0 Å². The molecule has 0 unspecified atom stereocenters. The molecule has 0 N–H and O–H groups in total. The van der Waals surface area contributed by atoms with Gasteiger partial charge in [-0.25, -0.2) is 0 Å². The molecule has 0 amide bonds. The van der Waals surface area contributed by atoms with Gasteiger partial charge in [0, 0.05) is 0 Å². The van der Waals surface area contributed by atoms with Gasteiger partial charge in [0.15, 0.2) is 0 Å². The molecule has 0 bridgehead atoms. The standard InChI is InChI=1S/C7H13.BrH.Zn/c1-7-5-3-2-4-6-7;;/h7H,1-6H2;1H;. The molecule has 0 aromatic rings. The van der Waals surface area contributed by atoms with Crippen molar-refractivity contribution >= 4 is 17.0 Å². The van der Waals surface area contributed by atoms with Gasteiger partial charge in [-0.1, -0.05) is 0 Å². The predicted octanol–water partition coefficient (Wildman–Crippen LogP) is 3.11. The summed E-state index contributed by atoms with van der Waals surface area (Å²) in [5, 5.41) is 1.54. The van der Waals surface area contributed by atoms with Crippen LogP contribution in [0.4, 0.5) is 0 Å². The van der Waals surface area contributed by atoms with Gasteiger partial charge in [-0.05, 0) is 0 Å². The number of hydrogen-bond donors (Lipinski definition) is 0. The summed E-state index contributed by atoms with van der Waals surface area (Å²) in [5.74, 6) is 1.14. The fourth-order valence-electron chi connectivity index (χ4n) is 1.48. The van der Waals surface area contributed by atoms with Crippen LogP contribution in [0.2, 0.25) is 5.02 Å². The fraction of sp³-hybridized carbons (Fsp3) is 1.00. The van der Waals surface area contributed by atoms with E-state index < -0.39 is 0 Å². The zero-order valence-corrected chi connectivity index (χ0v) is 10.6. The molecule has 0 aromatic carbocycles. The van der Waals surface area contributed by atoms with Crippen molar-refractivity contribution in [2.75, 3.05) is 0 Å². The molecule has 1 fully saturated rings. The van der Waals surface area contributed by atoms with Crippen LogP contribution in [0.3, 0.4) is 0 Å². The van der Waals surface area contributed by atoms with Crippen LogP contribution in [0.1, 0.15) is 32.1 Å². The number of halogens is 1. The first-order valence-corrected chi connectivity index (χ1v) is 5.82. The van der Waals surface area contributed by atoms with E-state index in [2.05, 4.69) is 0 Å². The summed E-state index contributed by atoms with van der Waals surface area (Å²) in [7, 11) is 0. The van der Waals surface area contributed by atoms with Crippen LogP contribution >= 0.6 is 17.0 Å². The van der Waals surface area contributed by atoms with Crippen molar-refractivity contribution in [2.45, 2.75) is 37.1 Å². The summed E-state index contributed by atoms with van der Waals surface area (Å²) in [5.41, 5.74) is 0. The normalized spacial score (nSPS) is 21.1. The van der Waals surface area contributed by atoms with E-state index in [1.54, 1.807) is 17.9 Å². The Morgan fingerprint density at radius 2 is 1.67 bits per heavy atom. The van der Waals surface area contributed by atoms with Gasteiger partial charge < -0.3 is 0 Å². The van der Waals surface area contributed by atoms with E-state index in [4.69, 9.17) is 0 Å². The van der Waals surface area contributed by atoms with Gasteiger partial charge >= 0.3 is 61.3 Å². The molecule has 0 aliphatic heterocycles. The van der Waals surface area contributed by atoms with Gasteiger partial charge in [0.25, 0.3) is 0 Å². The molecule has 0 heterocycles. The Kier molecular flexibility index (Phi) is 6.57. The molecule has 0 atom stereocenters. The van der Waals surface area contributed by atoms with Crippen LogP contribution in [0.15, 0.2) is 0 Å². The quantitative estimate of drug-likeness (QED) is 0.621. The Labute approximate surface area is 78.2 Å². The molecule has 1 aliphatic rings. The van der Waals surface area contributed by atoms with Crippen molar-refractivity contribution in [3.05, 3.63) is 0 Å². The molecule has 0 radical (unpaired) electrons. The van der Waals surface area contributed by atoms with E-state index in [0.29, 0.717) is 0 Å². The molecular formula is C7H14BrZn. The van der Waals surface area contributed by atoms with Crippen molar-refractivity contribution in [3.63, 3.8) is 0 Å². The second-order valence-electron chi connectivity index (χ2n) is 2.79. The van der Waals surface area contributed by atoms with Gasteiger partial charge in [0.05, 0.1) is 0 Å². The van der Waals surface area contributed by atoms with E-state index in [9.17, 15) is 0 Å².